The zero-order chi connectivity index (χ0) is 30.8. The minimum Gasteiger partial charge on any atom is -0.466 e. The Labute approximate surface area is 252 Å². The van der Waals surface area contributed by atoms with Gasteiger partial charge < -0.3 is 9.47 Å². The monoisotopic (exact) mass is 580 g/mol. The van der Waals surface area contributed by atoms with E-state index in [1.165, 1.54) is 25.8 Å². The molecule has 1 unspecified atom stereocenters. The van der Waals surface area contributed by atoms with Gasteiger partial charge in [0.1, 0.15) is 11.9 Å². The molecule has 5 aliphatic rings. The van der Waals surface area contributed by atoms with Crippen LogP contribution >= 0.6 is 0 Å². The van der Waals surface area contributed by atoms with Gasteiger partial charge in [0, 0.05) is 20.3 Å². The Hall–Kier alpha value is -2.24. The molecule has 0 aromatic carbocycles. The van der Waals surface area contributed by atoms with E-state index in [2.05, 4.69) is 26.8 Å². The van der Waals surface area contributed by atoms with Crippen molar-refractivity contribution in [3.05, 3.63) is 22.8 Å². The number of carbonyl (C=O) groups excluding carboxylic acids is 4. The third-order valence-electron chi connectivity index (χ3n) is 12.9. The van der Waals surface area contributed by atoms with Crippen molar-refractivity contribution in [3.63, 3.8) is 0 Å². The number of carbonyl (C=O) groups is 4. The molecular weight excluding hydrogens is 528 g/mol. The first-order valence-electron chi connectivity index (χ1n) is 16.4. The number of hydrogen-bond donors (Lipinski definition) is 0. The summed E-state index contributed by atoms with van der Waals surface area (Å²) in [6.45, 7) is 15.7. The molecular formula is C36H52O6. The fraction of sp³-hybridized carbons (Fsp3) is 0.778. The summed E-state index contributed by atoms with van der Waals surface area (Å²) in [6, 6.07) is 0. The number of allylic oxidation sites excluding steroid dienone is 3. The number of esters is 2. The highest BCUT2D eigenvalue weighted by Gasteiger charge is 2.68. The topological polar surface area (TPSA) is 86.7 Å². The minimum absolute atomic E-state index is 0.00626. The van der Waals surface area contributed by atoms with E-state index in [1.54, 1.807) is 13.8 Å². The van der Waals surface area contributed by atoms with Gasteiger partial charge in [-0.05, 0) is 130 Å². The van der Waals surface area contributed by atoms with Gasteiger partial charge in [-0.2, -0.15) is 0 Å². The van der Waals surface area contributed by atoms with Gasteiger partial charge in [-0.15, -0.1) is 0 Å². The van der Waals surface area contributed by atoms with Crippen LogP contribution in [-0.2, 0) is 28.7 Å². The Kier molecular flexibility index (Phi) is 8.20. The molecule has 0 aromatic heterocycles. The highest BCUT2D eigenvalue weighted by molar-refractivity contribution is 5.97. The van der Waals surface area contributed by atoms with Crippen LogP contribution in [0.3, 0.4) is 0 Å². The molecule has 232 valence electrons. The summed E-state index contributed by atoms with van der Waals surface area (Å²) >= 11 is 0. The van der Waals surface area contributed by atoms with Gasteiger partial charge in [0.2, 0.25) is 0 Å². The van der Waals surface area contributed by atoms with Crippen molar-refractivity contribution < 1.29 is 28.7 Å². The summed E-state index contributed by atoms with van der Waals surface area (Å²) in [4.78, 5) is 49.9. The summed E-state index contributed by atoms with van der Waals surface area (Å²) in [6.07, 6.45) is 11.2. The predicted molar refractivity (Wildman–Crippen MR) is 161 cm³/mol. The average molecular weight is 581 g/mol. The Morgan fingerprint density at radius 3 is 2.29 bits per heavy atom. The van der Waals surface area contributed by atoms with Gasteiger partial charge in [-0.25, -0.2) is 0 Å². The quantitative estimate of drug-likeness (QED) is 0.180. The number of hydrogen-bond acceptors (Lipinski definition) is 6. The molecule has 0 amide bonds. The number of ketones is 2. The molecule has 0 spiro atoms. The SMILES string of the molecule is CC(=O)OC[C@@H](C)C/C(C(C)=O)=C1/CC2C[C@H]3[C@@H]4CC=C5C[C@@H](OC(C)=O)CC[C@]5(C)[C@H]4CC[C@]3(C)[C@H]2[C@]1(C)C(C)=O. The highest BCUT2D eigenvalue weighted by atomic mass is 16.5. The molecule has 5 rings (SSSR count). The Bertz CT molecular complexity index is 1230. The van der Waals surface area contributed by atoms with Crippen LogP contribution in [0.25, 0.3) is 0 Å². The average Bonchev–Trinajstić information content (AvgIpc) is 3.37. The summed E-state index contributed by atoms with van der Waals surface area (Å²) < 4.78 is 10.9. The number of Topliss-reactive ketones (excluding diaryl/α,β-unsaturated/α-hetero) is 2. The number of fused-ring (bicyclic) bond motifs is 7. The smallest absolute Gasteiger partial charge is 0.302 e. The van der Waals surface area contributed by atoms with E-state index in [0.29, 0.717) is 30.1 Å². The molecule has 0 aromatic rings. The lowest BCUT2D eigenvalue weighted by Crippen LogP contribution is -2.52. The Morgan fingerprint density at radius 2 is 1.67 bits per heavy atom. The Morgan fingerprint density at radius 1 is 0.952 bits per heavy atom. The first-order valence-corrected chi connectivity index (χ1v) is 16.4. The van der Waals surface area contributed by atoms with Gasteiger partial charge >= 0.3 is 11.9 Å². The van der Waals surface area contributed by atoms with E-state index in [0.717, 1.165) is 56.1 Å². The first kappa shape index (κ1) is 31.2. The first-order chi connectivity index (χ1) is 19.6. The van der Waals surface area contributed by atoms with Crippen molar-refractivity contribution in [2.24, 2.45) is 51.8 Å². The molecule has 42 heavy (non-hydrogen) atoms. The van der Waals surface area contributed by atoms with Gasteiger partial charge in [-0.3, -0.25) is 19.2 Å². The van der Waals surface area contributed by atoms with Crippen molar-refractivity contribution >= 4 is 23.5 Å². The molecule has 0 radical (unpaired) electrons. The molecule has 0 saturated heterocycles. The second kappa shape index (κ2) is 11.0. The van der Waals surface area contributed by atoms with Gasteiger partial charge in [0.15, 0.2) is 5.78 Å². The normalized spacial score (nSPS) is 42.2. The van der Waals surface area contributed by atoms with E-state index in [9.17, 15) is 19.2 Å². The molecule has 0 bridgehead atoms. The van der Waals surface area contributed by atoms with E-state index < -0.39 is 5.41 Å². The van der Waals surface area contributed by atoms with Crippen molar-refractivity contribution in [2.75, 3.05) is 6.61 Å². The number of rotatable bonds is 7. The van der Waals surface area contributed by atoms with Crippen molar-refractivity contribution in [1.29, 1.82) is 0 Å². The summed E-state index contributed by atoms with van der Waals surface area (Å²) in [7, 11) is 0. The van der Waals surface area contributed by atoms with Crippen molar-refractivity contribution in [3.8, 4) is 0 Å². The zero-order valence-corrected chi connectivity index (χ0v) is 27.1. The van der Waals surface area contributed by atoms with Gasteiger partial charge in [0.05, 0.1) is 12.0 Å². The van der Waals surface area contributed by atoms with Crippen LogP contribution in [0.1, 0.15) is 113 Å². The van der Waals surface area contributed by atoms with Crippen LogP contribution in [0.5, 0.6) is 0 Å². The van der Waals surface area contributed by atoms with Gasteiger partial charge in [0.25, 0.3) is 0 Å². The summed E-state index contributed by atoms with van der Waals surface area (Å²) in [5.41, 5.74) is 2.91. The predicted octanol–water partition coefficient (Wildman–Crippen LogP) is 7.20. The van der Waals surface area contributed by atoms with Crippen LogP contribution < -0.4 is 0 Å². The Balaban J connectivity index is 1.45. The van der Waals surface area contributed by atoms with Crippen molar-refractivity contribution in [2.45, 2.75) is 119 Å². The molecule has 4 saturated carbocycles. The summed E-state index contributed by atoms with van der Waals surface area (Å²) in [5.74, 6) is 2.17. The van der Waals surface area contributed by atoms with Crippen LogP contribution in [0.4, 0.5) is 0 Å². The van der Waals surface area contributed by atoms with E-state index >= 15 is 0 Å². The minimum atomic E-state index is -0.648. The largest absolute Gasteiger partial charge is 0.466 e. The molecule has 0 aliphatic heterocycles. The third-order valence-corrected chi connectivity index (χ3v) is 12.9. The van der Waals surface area contributed by atoms with E-state index in [4.69, 9.17) is 9.47 Å². The maximum absolute atomic E-state index is 13.7. The molecule has 6 heteroatoms. The molecule has 0 heterocycles. The maximum Gasteiger partial charge on any atom is 0.302 e. The van der Waals surface area contributed by atoms with Crippen LogP contribution in [0.2, 0.25) is 0 Å². The van der Waals surface area contributed by atoms with Gasteiger partial charge in [-0.1, -0.05) is 32.4 Å². The fourth-order valence-corrected chi connectivity index (χ4v) is 11.1. The molecule has 4 fully saturated rings. The third kappa shape index (κ3) is 4.93. The lowest BCUT2D eigenvalue weighted by Gasteiger charge is -2.59. The molecule has 10 atom stereocenters. The van der Waals surface area contributed by atoms with Crippen LogP contribution in [-0.4, -0.2) is 36.2 Å². The second-order valence-electron chi connectivity index (χ2n) is 15.3. The van der Waals surface area contributed by atoms with Crippen molar-refractivity contribution in [1.82, 2.24) is 0 Å². The highest BCUT2D eigenvalue weighted by Crippen LogP contribution is 2.74. The van der Waals surface area contributed by atoms with Crippen LogP contribution in [0.15, 0.2) is 22.8 Å². The molecule has 5 aliphatic carbocycles. The standard InChI is InChI=1S/C36H52O6/c1-20(19-41-23(4)39)15-29(21(2)37)32-17-25-16-31-28-10-9-26-18-27(42-24(5)40)11-13-34(26,6)30(28)12-14-35(31,7)33(25)36(32,8)22(3)38/h9,20,25,27-28,30-31,33H,10-19H2,1-8H3/b32-29+/t20-,25?,27-,28+,30-,31-,33-,34-,35-,36+/m0/s1. The summed E-state index contributed by atoms with van der Waals surface area (Å²) in [5, 5.41) is 0. The fourth-order valence-electron chi connectivity index (χ4n) is 11.1. The molecule has 6 nitrogen and oxygen atoms in total. The zero-order valence-electron chi connectivity index (χ0n) is 27.1. The lowest BCUT2D eigenvalue weighted by molar-refractivity contribution is -0.149. The maximum atomic E-state index is 13.7. The lowest BCUT2D eigenvalue weighted by atomic mass is 9.46. The van der Waals surface area contributed by atoms with E-state index in [1.807, 2.05) is 6.92 Å². The van der Waals surface area contributed by atoms with Crippen LogP contribution in [0, 0.1) is 51.8 Å². The second-order valence-corrected chi connectivity index (χ2v) is 15.3. The van der Waals surface area contributed by atoms with E-state index in [-0.39, 0.29) is 58.9 Å². The molecule has 0 N–H and O–H groups in total. The number of ether oxygens (including phenoxy) is 2.